The SMILES string of the molecule is CC(NC(=O)C(CC(=O)NOC(C)(C)C)NC(=O)CCc1ccccc1)C(=O)O. The number of carbonyl (C=O) groups excluding carboxylic acids is 3. The highest BCUT2D eigenvalue weighted by atomic mass is 16.7. The number of aryl methyl sites for hydroxylation is 1. The molecule has 0 saturated carbocycles. The second-order valence-corrected chi connectivity index (χ2v) is 7.62. The minimum absolute atomic E-state index is 0.113. The van der Waals surface area contributed by atoms with Crippen LogP contribution in [0.25, 0.3) is 0 Å². The van der Waals surface area contributed by atoms with Crippen LogP contribution in [0.4, 0.5) is 0 Å². The molecule has 0 aromatic heterocycles. The summed E-state index contributed by atoms with van der Waals surface area (Å²) in [4.78, 5) is 52.9. The number of hydrogen-bond donors (Lipinski definition) is 4. The lowest BCUT2D eigenvalue weighted by atomic mass is 10.1. The third-order valence-electron chi connectivity index (χ3n) is 3.73. The summed E-state index contributed by atoms with van der Waals surface area (Å²) in [7, 11) is 0. The predicted octanol–water partition coefficient (Wildman–Crippen LogP) is 0.930. The van der Waals surface area contributed by atoms with Crippen molar-refractivity contribution in [3.8, 4) is 0 Å². The summed E-state index contributed by atoms with van der Waals surface area (Å²) >= 11 is 0. The number of hydroxylamine groups is 1. The molecule has 160 valence electrons. The van der Waals surface area contributed by atoms with Crippen molar-refractivity contribution in [3.05, 3.63) is 35.9 Å². The van der Waals surface area contributed by atoms with E-state index >= 15 is 0 Å². The molecule has 0 bridgehead atoms. The first-order valence-corrected chi connectivity index (χ1v) is 9.31. The number of hydrogen-bond acceptors (Lipinski definition) is 5. The quantitative estimate of drug-likeness (QED) is 0.426. The molecular formula is C20H29N3O6. The minimum Gasteiger partial charge on any atom is -0.480 e. The average Bonchev–Trinajstić information content (AvgIpc) is 2.64. The molecule has 9 heteroatoms. The zero-order valence-corrected chi connectivity index (χ0v) is 17.2. The molecule has 0 aliphatic carbocycles. The Morgan fingerprint density at radius 1 is 1.03 bits per heavy atom. The summed E-state index contributed by atoms with van der Waals surface area (Å²) in [5, 5.41) is 13.7. The van der Waals surface area contributed by atoms with Crippen LogP contribution in [0.2, 0.25) is 0 Å². The van der Waals surface area contributed by atoms with Crippen molar-refractivity contribution in [3.63, 3.8) is 0 Å². The van der Waals surface area contributed by atoms with Crippen LogP contribution in [0.1, 0.15) is 46.1 Å². The highest BCUT2D eigenvalue weighted by molar-refractivity contribution is 5.93. The highest BCUT2D eigenvalue weighted by Crippen LogP contribution is 2.06. The maximum Gasteiger partial charge on any atom is 0.325 e. The Morgan fingerprint density at radius 3 is 2.21 bits per heavy atom. The van der Waals surface area contributed by atoms with E-state index in [2.05, 4.69) is 16.1 Å². The maximum atomic E-state index is 12.4. The molecule has 2 unspecified atom stereocenters. The van der Waals surface area contributed by atoms with Crippen molar-refractivity contribution in [1.82, 2.24) is 16.1 Å². The molecule has 0 radical (unpaired) electrons. The van der Waals surface area contributed by atoms with Gasteiger partial charge >= 0.3 is 5.97 Å². The van der Waals surface area contributed by atoms with E-state index in [-0.39, 0.29) is 6.42 Å². The van der Waals surface area contributed by atoms with Gasteiger partial charge in [0.2, 0.25) is 17.7 Å². The third-order valence-corrected chi connectivity index (χ3v) is 3.73. The molecule has 1 aromatic rings. The van der Waals surface area contributed by atoms with Gasteiger partial charge in [0.1, 0.15) is 12.1 Å². The van der Waals surface area contributed by atoms with Crippen LogP contribution < -0.4 is 16.1 Å². The summed E-state index contributed by atoms with van der Waals surface area (Å²) in [6.07, 6.45) is 0.180. The number of carboxylic acid groups (broad SMARTS) is 1. The molecule has 1 aromatic carbocycles. The number of carboxylic acids is 1. The van der Waals surface area contributed by atoms with Crippen molar-refractivity contribution in [1.29, 1.82) is 0 Å². The van der Waals surface area contributed by atoms with Crippen LogP contribution in [-0.4, -0.2) is 46.5 Å². The molecule has 3 amide bonds. The Kier molecular flexibility index (Phi) is 9.27. The Hall–Kier alpha value is -2.94. The molecule has 1 rings (SSSR count). The Balaban J connectivity index is 2.72. The summed E-state index contributed by atoms with van der Waals surface area (Å²) in [5.74, 6) is -3.04. The summed E-state index contributed by atoms with van der Waals surface area (Å²) in [5.41, 5.74) is 2.55. The third kappa shape index (κ3) is 10.2. The van der Waals surface area contributed by atoms with Gasteiger partial charge in [-0.3, -0.25) is 24.0 Å². The molecule has 29 heavy (non-hydrogen) atoms. The maximum absolute atomic E-state index is 12.4. The van der Waals surface area contributed by atoms with Crippen molar-refractivity contribution in [2.45, 2.75) is 64.6 Å². The number of aliphatic carboxylic acids is 1. The molecule has 0 saturated heterocycles. The monoisotopic (exact) mass is 407 g/mol. The van der Waals surface area contributed by atoms with Gasteiger partial charge in [-0.15, -0.1) is 0 Å². The zero-order chi connectivity index (χ0) is 22.0. The minimum atomic E-state index is -1.23. The van der Waals surface area contributed by atoms with Gasteiger partial charge in [0, 0.05) is 6.42 Å². The topological polar surface area (TPSA) is 134 Å². The number of amides is 3. The van der Waals surface area contributed by atoms with Gasteiger partial charge in [-0.25, -0.2) is 5.48 Å². The van der Waals surface area contributed by atoms with Gasteiger partial charge in [0.15, 0.2) is 0 Å². The van der Waals surface area contributed by atoms with Crippen LogP contribution >= 0.6 is 0 Å². The largest absolute Gasteiger partial charge is 0.480 e. The van der Waals surface area contributed by atoms with Crippen LogP contribution in [0, 0.1) is 0 Å². The van der Waals surface area contributed by atoms with E-state index in [0.29, 0.717) is 6.42 Å². The molecule has 0 aliphatic rings. The number of carbonyl (C=O) groups is 4. The van der Waals surface area contributed by atoms with Gasteiger partial charge < -0.3 is 15.7 Å². The van der Waals surface area contributed by atoms with E-state index in [4.69, 9.17) is 9.94 Å². The molecule has 0 heterocycles. The molecular weight excluding hydrogens is 378 g/mol. The van der Waals surface area contributed by atoms with Gasteiger partial charge in [0.25, 0.3) is 0 Å². The normalized spacial score (nSPS) is 13.1. The Morgan fingerprint density at radius 2 is 1.66 bits per heavy atom. The number of nitrogens with one attached hydrogen (secondary N) is 3. The van der Waals surface area contributed by atoms with Crippen molar-refractivity contribution in [2.75, 3.05) is 0 Å². The van der Waals surface area contributed by atoms with Crippen LogP contribution in [0.3, 0.4) is 0 Å². The molecule has 0 fully saturated rings. The second-order valence-electron chi connectivity index (χ2n) is 7.62. The van der Waals surface area contributed by atoms with E-state index in [1.54, 1.807) is 20.8 Å². The molecule has 9 nitrogen and oxygen atoms in total. The summed E-state index contributed by atoms with van der Waals surface area (Å²) in [6, 6.07) is 6.94. The predicted molar refractivity (Wildman–Crippen MR) is 106 cm³/mol. The van der Waals surface area contributed by atoms with Gasteiger partial charge in [-0.2, -0.15) is 0 Å². The lowest BCUT2D eigenvalue weighted by Crippen LogP contribution is -2.52. The average molecular weight is 407 g/mol. The first-order valence-electron chi connectivity index (χ1n) is 9.31. The second kappa shape index (κ2) is 11.2. The van der Waals surface area contributed by atoms with E-state index < -0.39 is 47.8 Å². The van der Waals surface area contributed by atoms with Gasteiger partial charge in [-0.05, 0) is 39.7 Å². The van der Waals surface area contributed by atoms with Crippen LogP contribution in [0.5, 0.6) is 0 Å². The van der Waals surface area contributed by atoms with Crippen molar-refractivity contribution >= 4 is 23.7 Å². The van der Waals surface area contributed by atoms with E-state index in [9.17, 15) is 19.2 Å². The fourth-order valence-electron chi connectivity index (χ4n) is 2.19. The van der Waals surface area contributed by atoms with Crippen molar-refractivity contribution < 1.29 is 29.1 Å². The van der Waals surface area contributed by atoms with Gasteiger partial charge in [-0.1, -0.05) is 30.3 Å². The van der Waals surface area contributed by atoms with Crippen molar-refractivity contribution in [2.24, 2.45) is 0 Å². The van der Waals surface area contributed by atoms with Crippen LogP contribution in [-0.2, 0) is 30.4 Å². The summed E-state index contributed by atoms with van der Waals surface area (Å²) < 4.78 is 0. The Labute approximate surface area is 170 Å². The number of benzene rings is 1. The lowest BCUT2D eigenvalue weighted by molar-refractivity contribution is -0.148. The standard InChI is InChI=1S/C20H29N3O6/c1-13(19(27)28)21-18(26)15(12-17(25)23-29-20(2,3)4)22-16(24)11-10-14-8-6-5-7-9-14/h5-9,13,15H,10-12H2,1-4H3,(H,21,26)(H,22,24)(H,23,25)(H,27,28). The summed E-state index contributed by atoms with van der Waals surface area (Å²) in [6.45, 7) is 6.49. The fourth-order valence-corrected chi connectivity index (χ4v) is 2.19. The first-order chi connectivity index (χ1) is 13.5. The van der Waals surface area contributed by atoms with E-state index in [1.165, 1.54) is 6.92 Å². The number of rotatable bonds is 10. The molecule has 0 aliphatic heterocycles. The zero-order valence-electron chi connectivity index (χ0n) is 17.2. The van der Waals surface area contributed by atoms with Crippen LogP contribution in [0.15, 0.2) is 30.3 Å². The lowest BCUT2D eigenvalue weighted by Gasteiger charge is -2.22. The molecule has 4 N–H and O–H groups in total. The first kappa shape index (κ1) is 24.1. The van der Waals surface area contributed by atoms with Gasteiger partial charge in [0.05, 0.1) is 12.0 Å². The van der Waals surface area contributed by atoms with E-state index in [0.717, 1.165) is 5.56 Å². The smallest absolute Gasteiger partial charge is 0.325 e. The molecule has 0 spiro atoms. The highest BCUT2D eigenvalue weighted by Gasteiger charge is 2.27. The fraction of sp³-hybridized carbons (Fsp3) is 0.500. The van der Waals surface area contributed by atoms with E-state index in [1.807, 2.05) is 30.3 Å². The molecule has 2 atom stereocenters. The Bertz CT molecular complexity index is 715.